The second-order valence-corrected chi connectivity index (χ2v) is 39.2. The Bertz CT molecular complexity index is 2230. The van der Waals surface area contributed by atoms with E-state index in [1.54, 1.807) is 42.3 Å². The Morgan fingerprint density at radius 2 is 0.968 bits per heavy atom. The summed E-state index contributed by atoms with van der Waals surface area (Å²) in [5, 5.41) is 8.38. The largest absolute Gasteiger partial charge is 0.748 e. The summed E-state index contributed by atoms with van der Waals surface area (Å²) in [7, 11) is -1.87. The Morgan fingerprint density at radius 3 is 1.34 bits per heavy atom. The van der Waals surface area contributed by atoms with Crippen molar-refractivity contribution in [2.24, 2.45) is 38.9 Å². The van der Waals surface area contributed by atoms with Crippen LogP contribution in [-0.2, 0) is 99.8 Å². The molecule has 4 aliphatic rings. The lowest BCUT2D eigenvalue weighted by atomic mass is 9.48. The summed E-state index contributed by atoms with van der Waals surface area (Å²) < 4.78 is 145. The number of carbonyl (C=O) groups is 5. The van der Waals surface area contributed by atoms with E-state index in [4.69, 9.17) is 66.1 Å². The average Bonchev–Trinajstić information content (AvgIpc) is 0.717. The fourth-order valence-electron chi connectivity index (χ4n) is 10.2. The number of nitrogens with one attached hydrogen (secondary N) is 1. The van der Waals surface area contributed by atoms with Gasteiger partial charge in [0, 0.05) is 34.9 Å². The van der Waals surface area contributed by atoms with Crippen LogP contribution in [-0.4, -0.2) is 223 Å². The van der Waals surface area contributed by atoms with Crippen molar-refractivity contribution in [1.82, 2.24) is 0 Å². The number of quaternary nitrogens is 1. The van der Waals surface area contributed by atoms with Gasteiger partial charge in [0.1, 0.15) is 58.8 Å². The number of esters is 5. The van der Waals surface area contributed by atoms with Gasteiger partial charge >= 0.3 is 36.0 Å². The second kappa shape index (κ2) is 45.7. The van der Waals surface area contributed by atoms with Crippen LogP contribution in [0.1, 0.15) is 154 Å². The van der Waals surface area contributed by atoms with Crippen molar-refractivity contribution in [1.29, 1.82) is 0 Å². The van der Waals surface area contributed by atoms with Crippen LogP contribution >= 0.6 is 0 Å². The van der Waals surface area contributed by atoms with Gasteiger partial charge in [-0.25, -0.2) is 8.42 Å². The summed E-state index contributed by atoms with van der Waals surface area (Å²) >= 11 is 0. The lowest BCUT2D eigenvalue weighted by Crippen LogP contribution is -3.13. The maximum absolute atomic E-state index is 13.3. The fraction of sp³-hybridized carbons (Fsp3) is 0.923. The zero-order chi connectivity index (χ0) is 73.6. The Balaban J connectivity index is 0. The second-order valence-electron chi connectivity index (χ2n) is 28.7. The third-order valence-electron chi connectivity index (χ3n) is 16.8. The highest BCUT2D eigenvalue weighted by Gasteiger charge is 2.64. The molecule has 4 saturated carbocycles. The van der Waals surface area contributed by atoms with Crippen molar-refractivity contribution < 1.29 is 126 Å². The lowest BCUT2D eigenvalue weighted by molar-refractivity contribution is -0.901. The van der Waals surface area contributed by atoms with Gasteiger partial charge in [-0.3, -0.25) is 24.0 Å². The maximum Gasteiger partial charge on any atom is 0.426 e. The van der Waals surface area contributed by atoms with E-state index < -0.39 is 84.0 Å². The van der Waals surface area contributed by atoms with E-state index in [2.05, 4.69) is 37.5 Å². The number of carbonyl (C=O) groups excluding carboxylic acids is 5. The van der Waals surface area contributed by atoms with E-state index in [9.17, 15) is 50.1 Å². The molecule has 95 heavy (non-hydrogen) atoms. The third-order valence-corrected chi connectivity index (χ3v) is 23.8. The molecular formula is C65H126F3NO23SSi2. The highest BCUT2D eigenvalue weighted by atomic mass is 32.2. The highest BCUT2D eigenvalue weighted by molar-refractivity contribution is 7.85. The van der Waals surface area contributed by atoms with E-state index >= 15 is 0 Å². The van der Waals surface area contributed by atoms with Crippen LogP contribution in [0.4, 0.5) is 13.2 Å². The molecule has 30 heteroatoms. The summed E-state index contributed by atoms with van der Waals surface area (Å²) in [6, 6.07) is 1.05. The molecule has 0 aromatic rings. The van der Waals surface area contributed by atoms with E-state index in [-0.39, 0.29) is 54.8 Å². The van der Waals surface area contributed by atoms with Gasteiger partial charge in [0.2, 0.25) is 6.10 Å². The van der Waals surface area contributed by atoms with Crippen LogP contribution in [0, 0.1) is 38.9 Å². The number of halogens is 3. The molecule has 0 amide bonds. The van der Waals surface area contributed by atoms with Gasteiger partial charge < -0.3 is 80.3 Å². The van der Waals surface area contributed by atoms with Crippen LogP contribution < -0.4 is 4.90 Å². The van der Waals surface area contributed by atoms with Crippen LogP contribution in [0.25, 0.3) is 0 Å². The minimum atomic E-state index is -5.27. The molecular weight excluding hydrogens is 1310 g/mol. The Hall–Kier alpha value is -2.96. The van der Waals surface area contributed by atoms with Crippen molar-refractivity contribution >= 4 is 56.6 Å². The van der Waals surface area contributed by atoms with Crippen LogP contribution in [0.5, 0.6) is 0 Å². The van der Waals surface area contributed by atoms with Gasteiger partial charge in [0.05, 0.1) is 95.8 Å². The zero-order valence-electron chi connectivity index (χ0n) is 61.7. The quantitative estimate of drug-likeness (QED) is 0.0144. The molecule has 4 rings (SSSR count). The van der Waals surface area contributed by atoms with Crippen molar-refractivity contribution in [3.8, 4) is 0 Å². The molecule has 0 aromatic heterocycles. The third kappa shape index (κ3) is 40.8. The normalized spacial score (nSPS) is 19.1. The molecule has 0 spiro atoms. The van der Waals surface area contributed by atoms with Crippen LogP contribution in [0.2, 0.25) is 38.8 Å². The number of ether oxygens (including phenoxy) is 13. The number of alkyl halides is 3. The van der Waals surface area contributed by atoms with E-state index in [0.29, 0.717) is 105 Å². The van der Waals surface area contributed by atoms with Crippen molar-refractivity contribution in [3.63, 3.8) is 0 Å². The standard InChI is InChI=1S/C20H29F3O7S.C14H32O3Si2.C12H27NO6.C11H22O4.C8H16O3/c1-4-17(2,3)15(24)30-19-8-12-5-13(9-19)7-18(6-12,11-19)16(25)29-14(20(21,22)23)10-31(26,27)28;1-9-14(2,3)13(15)16-11-10-12-19(7,8)17-18(4,5)6;1-14-10-17-7-4-13(5-8-18-11-15-2)6-9-19-12-16-3;1-5-11(2,3)10(12)15-9-8-14-7-6-13-4;1-4-8(2,3)7(10)11-6-5-9/h12-14H,4-11H2,1-3H3,(H,26,27,28);9-12H2,1-8H3;4-12H2,1-3H3;5-9H2,1-4H3;9H,4-6H2,1-3H3. The van der Waals surface area contributed by atoms with Crippen molar-refractivity contribution in [2.75, 3.05) is 140 Å². The molecule has 3 atom stereocenters. The molecule has 4 bridgehead atoms. The first kappa shape index (κ1) is 94.1. The van der Waals surface area contributed by atoms with E-state index in [1.807, 2.05) is 69.2 Å². The predicted molar refractivity (Wildman–Crippen MR) is 356 cm³/mol. The maximum atomic E-state index is 13.3. The topological polar surface area (TPSA) is 296 Å². The van der Waals surface area contributed by atoms with Crippen LogP contribution in [0.15, 0.2) is 0 Å². The summed E-state index contributed by atoms with van der Waals surface area (Å²) in [5.74, 6) is -3.93. The van der Waals surface area contributed by atoms with Crippen LogP contribution in [0.3, 0.4) is 0 Å². The summed E-state index contributed by atoms with van der Waals surface area (Å²) in [5.41, 5.74) is -4.13. The van der Waals surface area contributed by atoms with Gasteiger partial charge in [-0.2, -0.15) is 13.2 Å². The molecule has 0 aliphatic heterocycles. The van der Waals surface area contributed by atoms with Gasteiger partial charge in [-0.1, -0.05) is 27.7 Å². The molecule has 0 saturated heterocycles. The number of aliphatic hydroxyl groups excluding tert-OH is 1. The molecule has 4 fully saturated rings. The number of hydrogen-bond donors (Lipinski definition) is 2. The Labute approximate surface area is 569 Å². The van der Waals surface area contributed by atoms with E-state index in [0.717, 1.165) is 57.8 Å². The van der Waals surface area contributed by atoms with Gasteiger partial charge in [-0.15, -0.1) is 0 Å². The predicted octanol–water partition coefficient (Wildman–Crippen LogP) is 9.06. The fourth-order valence-corrected chi connectivity index (χ4v) is 18.9. The molecule has 4 aliphatic carbocycles. The first-order valence-electron chi connectivity index (χ1n) is 33.2. The SMILES string of the molecule is CCC(C)(C)C(=O)OC12CC3CC(C1)CC(C(=O)OC(CS(=O)(=O)[O-])C(F)(F)F)(C3)C2.CCC(C)(C)C(=O)OCCC[Si](C)(C)O[Si](C)(C)C.CCC(C)(C)C(=O)OCCO.CCC(C)(C)C(=O)OCCOCCOC.COCOCC[NH+](CCOCOC)CCOCOC. The van der Waals surface area contributed by atoms with Gasteiger partial charge in [0.15, 0.2) is 16.6 Å². The Morgan fingerprint density at radius 1 is 0.568 bits per heavy atom. The first-order valence-corrected chi connectivity index (χ1v) is 41.3. The van der Waals surface area contributed by atoms with E-state index in [1.165, 1.54) is 4.90 Å². The number of hydrogen-bond acceptors (Lipinski definition) is 23. The number of aliphatic hydroxyl groups is 1. The number of methoxy groups -OCH3 is 4. The molecule has 0 heterocycles. The molecule has 3 unspecified atom stereocenters. The average molecular weight is 1430 g/mol. The minimum Gasteiger partial charge on any atom is -0.748 e. The molecule has 0 radical (unpaired) electrons. The summed E-state index contributed by atoms with van der Waals surface area (Å²) in [6.07, 6.45) is -1.90. The highest BCUT2D eigenvalue weighted by Crippen LogP contribution is 2.63. The van der Waals surface area contributed by atoms with Gasteiger partial charge in [0.25, 0.3) is 0 Å². The number of rotatable bonds is 42. The Kier molecular flexibility index (Phi) is 45.3. The zero-order valence-corrected chi connectivity index (χ0v) is 64.5. The van der Waals surface area contributed by atoms with Gasteiger partial charge in [-0.05, 0) is 170 Å². The molecule has 2 N–H and O–H groups in total. The summed E-state index contributed by atoms with van der Waals surface area (Å²) in [4.78, 5) is 61.5. The first-order chi connectivity index (χ1) is 43.8. The molecule has 24 nitrogen and oxygen atoms in total. The minimum absolute atomic E-state index is 0.00100. The monoisotopic (exact) mass is 1430 g/mol. The molecule has 564 valence electrons. The summed E-state index contributed by atoms with van der Waals surface area (Å²) in [6.45, 7) is 41.7. The lowest BCUT2D eigenvalue weighted by Gasteiger charge is -2.60. The smallest absolute Gasteiger partial charge is 0.426 e. The van der Waals surface area contributed by atoms with Crippen molar-refractivity contribution in [3.05, 3.63) is 0 Å². The molecule has 0 aromatic carbocycles. The van der Waals surface area contributed by atoms with Crippen molar-refractivity contribution in [2.45, 2.75) is 210 Å².